The van der Waals surface area contributed by atoms with Crippen molar-refractivity contribution >= 4 is 29.1 Å². The number of nitrogens with zero attached hydrogens (tertiary/aromatic N) is 3. The number of carbonyl (C=O) groups is 1. The first-order valence-corrected chi connectivity index (χ1v) is 10.2. The maximum Gasteiger partial charge on any atom is 0.262 e. The van der Waals surface area contributed by atoms with E-state index in [0.29, 0.717) is 28.5 Å². The highest BCUT2D eigenvalue weighted by Crippen LogP contribution is 2.32. The number of hydrogen-bond acceptors (Lipinski definition) is 5. The predicted molar refractivity (Wildman–Crippen MR) is 116 cm³/mol. The number of thiazole rings is 1. The highest BCUT2D eigenvalue weighted by molar-refractivity contribution is 7.07. The summed E-state index contributed by atoms with van der Waals surface area (Å²) in [6.45, 7) is 6.05. The van der Waals surface area contributed by atoms with Crippen molar-refractivity contribution in [2.75, 3.05) is 18.5 Å². The van der Waals surface area contributed by atoms with Gasteiger partial charge in [-0.1, -0.05) is 18.2 Å². The zero-order valence-electron chi connectivity index (χ0n) is 16.6. The van der Waals surface area contributed by atoms with Crippen LogP contribution in [0.15, 0.2) is 64.0 Å². The van der Waals surface area contributed by atoms with Gasteiger partial charge in [-0.25, -0.2) is 13.5 Å². The van der Waals surface area contributed by atoms with Gasteiger partial charge in [0.25, 0.3) is 5.91 Å². The summed E-state index contributed by atoms with van der Waals surface area (Å²) in [7, 11) is 0. The lowest BCUT2D eigenvalue weighted by atomic mass is 10.1. The SMILES string of the molecule is C=C(C)CN=c1scc(-c2ccc3c(c2)NC(=O)CO3)n1N=Cc1c(F)cccc1F. The molecule has 0 saturated carbocycles. The molecule has 4 rings (SSSR count). The number of fused-ring (bicyclic) bond motifs is 1. The van der Waals surface area contributed by atoms with Crippen molar-refractivity contribution in [3.8, 4) is 17.0 Å². The largest absolute Gasteiger partial charge is 0.482 e. The Kier molecular flexibility index (Phi) is 5.77. The van der Waals surface area contributed by atoms with Crippen molar-refractivity contribution in [1.82, 2.24) is 4.68 Å². The third-order valence-corrected chi connectivity index (χ3v) is 5.23. The van der Waals surface area contributed by atoms with Gasteiger partial charge in [0.2, 0.25) is 4.80 Å². The molecule has 3 aromatic rings. The molecule has 0 saturated heterocycles. The molecule has 1 N–H and O–H groups in total. The smallest absolute Gasteiger partial charge is 0.262 e. The number of amides is 1. The van der Waals surface area contributed by atoms with E-state index < -0.39 is 11.6 Å². The van der Waals surface area contributed by atoms with Gasteiger partial charge in [0.1, 0.15) is 17.4 Å². The lowest BCUT2D eigenvalue weighted by molar-refractivity contribution is -0.118. The number of halogens is 2. The Balaban J connectivity index is 1.82. The van der Waals surface area contributed by atoms with Crippen LogP contribution in [-0.4, -0.2) is 29.9 Å². The molecule has 0 atom stereocenters. The van der Waals surface area contributed by atoms with Crippen LogP contribution in [0.1, 0.15) is 12.5 Å². The van der Waals surface area contributed by atoms with Gasteiger partial charge in [0, 0.05) is 10.9 Å². The first kappa shape index (κ1) is 20.7. The highest BCUT2D eigenvalue weighted by atomic mass is 32.1. The van der Waals surface area contributed by atoms with Gasteiger partial charge in [-0.3, -0.25) is 9.79 Å². The molecule has 2 aromatic carbocycles. The van der Waals surface area contributed by atoms with Crippen molar-refractivity contribution in [2.24, 2.45) is 10.1 Å². The van der Waals surface area contributed by atoms with Crippen LogP contribution in [0, 0.1) is 11.6 Å². The van der Waals surface area contributed by atoms with E-state index in [-0.39, 0.29) is 18.1 Å². The molecule has 31 heavy (non-hydrogen) atoms. The van der Waals surface area contributed by atoms with Crippen LogP contribution in [-0.2, 0) is 4.79 Å². The third-order valence-electron chi connectivity index (χ3n) is 4.38. The van der Waals surface area contributed by atoms with E-state index in [1.807, 2.05) is 18.4 Å². The molecule has 6 nitrogen and oxygen atoms in total. The number of hydrogen-bond donors (Lipinski definition) is 1. The predicted octanol–water partition coefficient (Wildman–Crippen LogP) is 4.18. The topological polar surface area (TPSA) is 68.0 Å². The molecule has 1 amide bonds. The number of ether oxygens (including phenoxy) is 1. The Bertz CT molecular complexity index is 1260. The second-order valence-corrected chi connectivity index (χ2v) is 7.75. The van der Waals surface area contributed by atoms with Crippen LogP contribution in [0.25, 0.3) is 11.3 Å². The maximum atomic E-state index is 14.1. The van der Waals surface area contributed by atoms with Crippen LogP contribution >= 0.6 is 11.3 Å². The molecule has 0 spiro atoms. The summed E-state index contributed by atoms with van der Waals surface area (Å²) in [5.74, 6) is -1.10. The van der Waals surface area contributed by atoms with Gasteiger partial charge < -0.3 is 10.1 Å². The Morgan fingerprint density at radius 1 is 1.32 bits per heavy atom. The average molecular weight is 440 g/mol. The number of carbonyl (C=O) groups excluding carboxylic acids is 1. The van der Waals surface area contributed by atoms with Crippen LogP contribution in [0.4, 0.5) is 14.5 Å². The molecule has 0 unspecified atom stereocenters. The quantitative estimate of drug-likeness (QED) is 0.478. The summed E-state index contributed by atoms with van der Waals surface area (Å²) < 4.78 is 35.0. The van der Waals surface area contributed by atoms with Crippen molar-refractivity contribution in [3.63, 3.8) is 0 Å². The van der Waals surface area contributed by atoms with Crippen LogP contribution in [0.5, 0.6) is 5.75 Å². The molecule has 0 aliphatic carbocycles. The lowest BCUT2D eigenvalue weighted by Gasteiger charge is -2.18. The number of nitrogens with one attached hydrogen (secondary N) is 1. The average Bonchev–Trinajstić information content (AvgIpc) is 3.14. The summed E-state index contributed by atoms with van der Waals surface area (Å²) in [4.78, 5) is 16.7. The van der Waals surface area contributed by atoms with Crippen LogP contribution in [0.2, 0.25) is 0 Å². The second kappa shape index (κ2) is 8.65. The first-order valence-electron chi connectivity index (χ1n) is 9.33. The normalized spacial score (nSPS) is 13.8. The molecule has 0 bridgehead atoms. The van der Waals surface area contributed by atoms with E-state index in [1.165, 1.54) is 34.2 Å². The minimum absolute atomic E-state index is 0.0345. The third kappa shape index (κ3) is 4.46. The zero-order chi connectivity index (χ0) is 22.0. The van der Waals surface area contributed by atoms with Crippen molar-refractivity contribution < 1.29 is 18.3 Å². The zero-order valence-corrected chi connectivity index (χ0v) is 17.4. The van der Waals surface area contributed by atoms with Gasteiger partial charge in [0.05, 0.1) is 29.7 Å². The lowest BCUT2D eigenvalue weighted by Crippen LogP contribution is -2.25. The van der Waals surface area contributed by atoms with Gasteiger partial charge >= 0.3 is 0 Å². The first-order chi connectivity index (χ1) is 14.9. The number of benzene rings is 2. The van der Waals surface area contributed by atoms with Gasteiger partial charge in [-0.05, 0) is 37.3 Å². The van der Waals surface area contributed by atoms with Crippen LogP contribution < -0.4 is 14.9 Å². The van der Waals surface area contributed by atoms with E-state index in [2.05, 4.69) is 22.0 Å². The Hall–Kier alpha value is -3.59. The summed E-state index contributed by atoms with van der Waals surface area (Å²) in [6.07, 6.45) is 1.13. The fraction of sp³-hybridized carbons (Fsp3) is 0.136. The molecule has 1 aliphatic heterocycles. The van der Waals surface area contributed by atoms with E-state index in [1.54, 1.807) is 12.1 Å². The number of rotatable bonds is 5. The van der Waals surface area contributed by atoms with Gasteiger partial charge in [-0.2, -0.15) is 5.10 Å². The molecular weight excluding hydrogens is 422 g/mol. The number of aromatic nitrogens is 1. The maximum absolute atomic E-state index is 14.1. The molecule has 2 heterocycles. The molecule has 158 valence electrons. The minimum Gasteiger partial charge on any atom is -0.482 e. The Morgan fingerprint density at radius 3 is 2.84 bits per heavy atom. The summed E-state index contributed by atoms with van der Waals surface area (Å²) in [6, 6.07) is 8.95. The number of anilines is 1. The highest BCUT2D eigenvalue weighted by Gasteiger charge is 2.18. The van der Waals surface area contributed by atoms with Crippen molar-refractivity contribution in [2.45, 2.75) is 6.92 Å². The molecule has 1 aromatic heterocycles. The van der Waals surface area contributed by atoms with Crippen molar-refractivity contribution in [1.29, 1.82) is 0 Å². The van der Waals surface area contributed by atoms with E-state index in [9.17, 15) is 13.6 Å². The Labute approximate surface area is 180 Å². The van der Waals surface area contributed by atoms with Gasteiger partial charge in [-0.15, -0.1) is 11.3 Å². The molecule has 9 heteroatoms. The fourth-order valence-electron chi connectivity index (χ4n) is 2.91. The molecule has 0 radical (unpaired) electrons. The summed E-state index contributed by atoms with van der Waals surface area (Å²) in [5.41, 5.74) is 2.52. The van der Waals surface area contributed by atoms with Crippen LogP contribution in [0.3, 0.4) is 0 Å². The minimum atomic E-state index is -0.713. The van der Waals surface area contributed by atoms with Gasteiger partial charge in [0.15, 0.2) is 6.61 Å². The summed E-state index contributed by atoms with van der Waals surface area (Å²) >= 11 is 1.33. The summed E-state index contributed by atoms with van der Waals surface area (Å²) in [5, 5.41) is 8.92. The van der Waals surface area contributed by atoms with Crippen molar-refractivity contribution in [3.05, 3.63) is 75.9 Å². The fourth-order valence-corrected chi connectivity index (χ4v) is 3.75. The molecular formula is C22H18F2N4O2S. The standard InChI is InChI=1S/C22H18F2N4O2S/c1-13(2)9-25-22-28(26-10-15-16(23)4-3-5-17(15)24)19(12-31-22)14-6-7-20-18(8-14)27-21(29)11-30-20/h3-8,10,12H,1,9,11H2,2H3,(H,27,29). The Morgan fingerprint density at radius 2 is 2.10 bits per heavy atom. The monoisotopic (exact) mass is 440 g/mol. The van der Waals surface area contributed by atoms with E-state index in [4.69, 9.17) is 4.74 Å². The van der Waals surface area contributed by atoms with E-state index >= 15 is 0 Å². The molecule has 0 fully saturated rings. The second-order valence-electron chi connectivity index (χ2n) is 6.92. The van der Waals surface area contributed by atoms with E-state index in [0.717, 1.165) is 17.4 Å². The molecule has 1 aliphatic rings.